The summed E-state index contributed by atoms with van der Waals surface area (Å²) in [4.78, 5) is 11.7. The first-order chi connectivity index (χ1) is 7.06. The van der Waals surface area contributed by atoms with Crippen LogP contribution in [0.1, 0.15) is 22.8 Å². The Balaban J connectivity index is 2.87. The molecule has 0 saturated carbocycles. The third kappa shape index (κ3) is 2.94. The zero-order chi connectivity index (χ0) is 11.4. The number of hydrogen-bond donors (Lipinski definition) is 2. The molecule has 0 aliphatic heterocycles. The Labute approximate surface area is 94.1 Å². The maximum absolute atomic E-state index is 11.7. The van der Waals surface area contributed by atoms with Gasteiger partial charge in [0.15, 0.2) is 0 Å². The van der Waals surface area contributed by atoms with Crippen LogP contribution in [0.4, 0.5) is 0 Å². The number of nitrogens with one attached hydrogen (secondary N) is 1. The normalized spacial score (nSPS) is 12.3. The van der Waals surface area contributed by atoms with Crippen LogP contribution in [0.15, 0.2) is 18.2 Å². The molecule has 0 heterocycles. The van der Waals surface area contributed by atoms with Gasteiger partial charge in [-0.3, -0.25) is 4.79 Å². The average Bonchev–Trinajstić information content (AvgIpc) is 2.21. The fourth-order valence-corrected chi connectivity index (χ4v) is 1.38. The van der Waals surface area contributed by atoms with E-state index in [-0.39, 0.29) is 18.6 Å². The van der Waals surface area contributed by atoms with Crippen LogP contribution in [0.25, 0.3) is 0 Å². The van der Waals surface area contributed by atoms with Crippen LogP contribution in [0, 0.1) is 6.92 Å². The topological polar surface area (TPSA) is 49.3 Å². The summed E-state index contributed by atoms with van der Waals surface area (Å²) in [5, 5.41) is 12.0. The molecule has 0 aromatic heterocycles. The smallest absolute Gasteiger partial charge is 0.251 e. The quantitative estimate of drug-likeness (QED) is 0.827. The van der Waals surface area contributed by atoms with Gasteiger partial charge in [0.2, 0.25) is 0 Å². The van der Waals surface area contributed by atoms with Gasteiger partial charge in [0.25, 0.3) is 5.91 Å². The Hall–Kier alpha value is -1.06. The summed E-state index contributed by atoms with van der Waals surface area (Å²) in [6, 6.07) is 4.92. The lowest BCUT2D eigenvalue weighted by molar-refractivity contribution is 0.0921. The molecule has 1 rings (SSSR count). The van der Waals surface area contributed by atoms with E-state index in [0.29, 0.717) is 10.6 Å². The highest BCUT2D eigenvalue weighted by Crippen LogP contribution is 2.18. The van der Waals surface area contributed by atoms with Gasteiger partial charge in [0.1, 0.15) is 0 Å². The van der Waals surface area contributed by atoms with E-state index < -0.39 is 0 Å². The highest BCUT2D eigenvalue weighted by atomic mass is 35.5. The van der Waals surface area contributed by atoms with Gasteiger partial charge in [-0.15, -0.1) is 0 Å². The van der Waals surface area contributed by atoms with Crippen LogP contribution in [0.5, 0.6) is 0 Å². The monoisotopic (exact) mass is 227 g/mol. The first-order valence-corrected chi connectivity index (χ1v) is 5.11. The molecule has 1 atom stereocenters. The van der Waals surface area contributed by atoms with E-state index in [1.54, 1.807) is 32.0 Å². The number of halogens is 1. The molecule has 0 aliphatic carbocycles. The second kappa shape index (κ2) is 5.14. The minimum Gasteiger partial charge on any atom is -0.394 e. The van der Waals surface area contributed by atoms with Crippen LogP contribution < -0.4 is 5.32 Å². The molecule has 0 fully saturated rings. The molecule has 15 heavy (non-hydrogen) atoms. The van der Waals surface area contributed by atoms with Crippen LogP contribution in [-0.4, -0.2) is 23.7 Å². The van der Waals surface area contributed by atoms with Crippen molar-refractivity contribution in [1.82, 2.24) is 5.32 Å². The van der Waals surface area contributed by atoms with E-state index in [0.717, 1.165) is 5.56 Å². The lowest BCUT2D eigenvalue weighted by Crippen LogP contribution is -2.35. The maximum Gasteiger partial charge on any atom is 0.251 e. The van der Waals surface area contributed by atoms with Gasteiger partial charge in [0.05, 0.1) is 6.61 Å². The van der Waals surface area contributed by atoms with E-state index in [9.17, 15) is 4.79 Å². The van der Waals surface area contributed by atoms with Gasteiger partial charge in [-0.2, -0.15) is 0 Å². The Morgan fingerprint density at radius 2 is 2.27 bits per heavy atom. The van der Waals surface area contributed by atoms with Crippen molar-refractivity contribution >= 4 is 17.5 Å². The summed E-state index contributed by atoms with van der Waals surface area (Å²) in [6.45, 7) is 3.45. The fraction of sp³-hybridized carbons (Fsp3) is 0.364. The highest BCUT2D eigenvalue weighted by Gasteiger charge is 2.12. The predicted octanol–water partition coefficient (Wildman–Crippen LogP) is 1.76. The standard InChI is InChI=1S/C11H14ClNO2/c1-7(6-14)13-11(15)9-4-3-5-10(12)8(9)2/h3-5,7,14H,6H2,1-2H3,(H,13,15)/t7-/m1/s1. The Morgan fingerprint density at radius 1 is 1.60 bits per heavy atom. The predicted molar refractivity (Wildman–Crippen MR) is 60.2 cm³/mol. The van der Waals surface area contributed by atoms with Gasteiger partial charge in [-0.05, 0) is 31.5 Å². The Kier molecular flexibility index (Phi) is 4.12. The molecule has 1 amide bonds. The molecule has 82 valence electrons. The van der Waals surface area contributed by atoms with Gasteiger partial charge in [-0.1, -0.05) is 17.7 Å². The van der Waals surface area contributed by atoms with Crippen molar-refractivity contribution < 1.29 is 9.90 Å². The summed E-state index contributed by atoms with van der Waals surface area (Å²) < 4.78 is 0. The molecule has 0 saturated heterocycles. The first-order valence-electron chi connectivity index (χ1n) is 4.73. The fourth-order valence-electron chi connectivity index (χ4n) is 1.20. The van der Waals surface area contributed by atoms with Gasteiger partial charge in [0, 0.05) is 16.6 Å². The number of rotatable bonds is 3. The van der Waals surface area contributed by atoms with Crippen molar-refractivity contribution in [3.8, 4) is 0 Å². The summed E-state index contributed by atoms with van der Waals surface area (Å²) >= 11 is 5.90. The molecule has 1 aromatic carbocycles. The van der Waals surface area contributed by atoms with E-state index in [4.69, 9.17) is 16.7 Å². The average molecular weight is 228 g/mol. The van der Waals surface area contributed by atoms with E-state index >= 15 is 0 Å². The summed E-state index contributed by atoms with van der Waals surface area (Å²) in [5.74, 6) is -0.212. The van der Waals surface area contributed by atoms with Crippen LogP contribution >= 0.6 is 11.6 Å². The molecule has 0 unspecified atom stereocenters. The third-order valence-corrected chi connectivity index (χ3v) is 2.57. The molecule has 4 heteroatoms. The van der Waals surface area contributed by atoms with Crippen LogP contribution in [0.3, 0.4) is 0 Å². The molecule has 0 aliphatic rings. The Morgan fingerprint density at radius 3 is 2.87 bits per heavy atom. The van der Waals surface area contributed by atoms with Crippen LogP contribution in [0.2, 0.25) is 5.02 Å². The lowest BCUT2D eigenvalue weighted by Gasteiger charge is -2.12. The van der Waals surface area contributed by atoms with Crippen molar-refractivity contribution in [2.24, 2.45) is 0 Å². The van der Waals surface area contributed by atoms with E-state index in [1.807, 2.05) is 0 Å². The molecule has 3 nitrogen and oxygen atoms in total. The van der Waals surface area contributed by atoms with Gasteiger partial charge < -0.3 is 10.4 Å². The molecule has 0 bridgehead atoms. The Bertz CT molecular complexity index is 366. The summed E-state index contributed by atoms with van der Waals surface area (Å²) in [5.41, 5.74) is 1.30. The number of hydrogen-bond acceptors (Lipinski definition) is 2. The van der Waals surface area contributed by atoms with Gasteiger partial charge >= 0.3 is 0 Å². The zero-order valence-corrected chi connectivity index (χ0v) is 9.51. The molecular weight excluding hydrogens is 214 g/mol. The third-order valence-electron chi connectivity index (χ3n) is 2.16. The minimum atomic E-state index is -0.254. The summed E-state index contributed by atoms with van der Waals surface area (Å²) in [6.07, 6.45) is 0. The number of aliphatic hydroxyl groups is 1. The van der Waals surface area contributed by atoms with Crippen molar-refractivity contribution in [3.05, 3.63) is 34.3 Å². The second-order valence-electron chi connectivity index (χ2n) is 3.47. The van der Waals surface area contributed by atoms with E-state index in [2.05, 4.69) is 5.32 Å². The van der Waals surface area contributed by atoms with Crippen molar-refractivity contribution in [2.75, 3.05) is 6.61 Å². The zero-order valence-electron chi connectivity index (χ0n) is 8.75. The van der Waals surface area contributed by atoms with Crippen molar-refractivity contribution in [3.63, 3.8) is 0 Å². The molecule has 0 spiro atoms. The number of amides is 1. The second-order valence-corrected chi connectivity index (χ2v) is 3.88. The number of aliphatic hydroxyl groups excluding tert-OH is 1. The van der Waals surface area contributed by atoms with Gasteiger partial charge in [-0.25, -0.2) is 0 Å². The van der Waals surface area contributed by atoms with E-state index in [1.165, 1.54) is 0 Å². The SMILES string of the molecule is Cc1c(Cl)cccc1C(=O)N[C@H](C)CO. The largest absolute Gasteiger partial charge is 0.394 e. The van der Waals surface area contributed by atoms with Crippen LogP contribution in [-0.2, 0) is 0 Å². The summed E-state index contributed by atoms with van der Waals surface area (Å²) in [7, 11) is 0. The number of benzene rings is 1. The molecule has 1 aromatic rings. The lowest BCUT2D eigenvalue weighted by atomic mass is 10.1. The molecular formula is C11H14ClNO2. The van der Waals surface area contributed by atoms with Crippen molar-refractivity contribution in [2.45, 2.75) is 19.9 Å². The first kappa shape index (κ1) is 12.0. The number of carbonyl (C=O) groups excluding carboxylic acids is 1. The molecule has 2 N–H and O–H groups in total. The minimum absolute atomic E-state index is 0.0780. The highest BCUT2D eigenvalue weighted by molar-refractivity contribution is 6.31. The van der Waals surface area contributed by atoms with Crippen molar-refractivity contribution in [1.29, 1.82) is 0 Å². The number of carbonyl (C=O) groups is 1. The maximum atomic E-state index is 11.7. The molecule has 0 radical (unpaired) electrons.